The van der Waals surface area contributed by atoms with E-state index in [2.05, 4.69) is 11.8 Å². The van der Waals surface area contributed by atoms with Crippen LogP contribution in [0.5, 0.6) is 0 Å². The predicted octanol–water partition coefficient (Wildman–Crippen LogP) is 5.15. The van der Waals surface area contributed by atoms with Gasteiger partial charge in [0.1, 0.15) is 0 Å². The Balaban J connectivity index is 2.49. The molecule has 1 aromatic carbocycles. The number of sulfone groups is 1. The van der Waals surface area contributed by atoms with Crippen molar-refractivity contribution in [2.45, 2.75) is 75.5 Å². The minimum Gasteiger partial charge on any atom is -0.296 e. The average Bonchev–Trinajstić information content (AvgIpc) is 2.50. The molecule has 3 nitrogen and oxygen atoms in total. The van der Waals surface area contributed by atoms with Gasteiger partial charge in [-0.05, 0) is 25.5 Å². The fourth-order valence-corrected chi connectivity index (χ4v) is 3.90. The quantitative estimate of drug-likeness (QED) is 0.441. The van der Waals surface area contributed by atoms with Crippen LogP contribution in [0.4, 0.5) is 0 Å². The van der Waals surface area contributed by atoms with E-state index in [-0.39, 0.29) is 4.90 Å². The first-order valence-corrected chi connectivity index (χ1v) is 9.74. The number of hydrogen-bond donors (Lipinski definition) is 0. The summed E-state index contributed by atoms with van der Waals surface area (Å²) in [6, 6.07) is 6.77. The molecule has 0 aromatic heterocycles. The Morgan fingerprint density at radius 2 is 1.55 bits per heavy atom. The lowest BCUT2D eigenvalue weighted by Crippen LogP contribution is -2.17. The van der Waals surface area contributed by atoms with E-state index in [1.165, 1.54) is 25.7 Å². The summed E-state index contributed by atoms with van der Waals surface area (Å²) in [6.45, 7) is 11.3. The summed E-state index contributed by atoms with van der Waals surface area (Å²) in [5.41, 5.74) is 1.02. The molecule has 1 atom stereocenters. The maximum absolute atomic E-state index is 12.5. The third-order valence-electron chi connectivity index (χ3n) is 3.91. The highest BCUT2D eigenvalue weighted by molar-refractivity contribution is 7.92. The Hall–Kier alpha value is -1.34. The Bertz CT molecular complexity index is 570. The minimum atomic E-state index is -3.52. The van der Waals surface area contributed by atoms with E-state index >= 15 is 0 Å². The molecule has 0 heterocycles. The van der Waals surface area contributed by atoms with Crippen molar-refractivity contribution in [3.63, 3.8) is 0 Å². The summed E-state index contributed by atoms with van der Waals surface area (Å²) in [6.07, 6.45) is 8.36. The third kappa shape index (κ3) is 5.81. The van der Waals surface area contributed by atoms with Crippen molar-refractivity contribution >= 4 is 9.84 Å². The average molecular weight is 321 g/mol. The van der Waals surface area contributed by atoms with E-state index in [0.717, 1.165) is 24.8 Å². The molecule has 1 rings (SSSR count). The number of unbranched alkanes of at least 4 members (excludes halogenated alkanes) is 6. The lowest BCUT2D eigenvalue weighted by molar-refractivity contribution is 0.558. The second kappa shape index (κ2) is 9.63. The summed E-state index contributed by atoms with van der Waals surface area (Å²) in [4.78, 5) is 3.63. The van der Waals surface area contributed by atoms with Crippen LogP contribution in [-0.2, 0) is 9.84 Å². The second-order valence-electron chi connectivity index (χ2n) is 5.85. The highest BCUT2D eigenvalue weighted by Crippen LogP contribution is 2.22. The molecule has 0 aliphatic rings. The zero-order valence-electron chi connectivity index (χ0n) is 13.7. The lowest BCUT2D eigenvalue weighted by Gasteiger charge is -2.08. The molecule has 0 saturated heterocycles. The zero-order chi connectivity index (χ0) is 16.4. The van der Waals surface area contributed by atoms with Gasteiger partial charge < -0.3 is 0 Å². The molecule has 0 amide bonds. The monoisotopic (exact) mass is 321 g/mol. The molecule has 1 unspecified atom stereocenters. The van der Waals surface area contributed by atoms with E-state index in [1.54, 1.807) is 24.3 Å². The van der Waals surface area contributed by atoms with Crippen LogP contribution in [-0.4, -0.2) is 13.8 Å². The number of nitrogens with zero attached hydrogens (tertiary/aromatic N) is 1. The van der Waals surface area contributed by atoms with Crippen LogP contribution in [0.3, 0.4) is 0 Å². The van der Waals surface area contributed by atoms with Crippen molar-refractivity contribution in [2.75, 3.05) is 0 Å². The van der Waals surface area contributed by atoms with Gasteiger partial charge in [-0.25, -0.2) is 15.0 Å². The molecule has 0 aliphatic carbocycles. The molecule has 0 fully saturated rings. The van der Waals surface area contributed by atoms with Gasteiger partial charge in [-0.1, -0.05) is 63.1 Å². The third-order valence-corrected chi connectivity index (χ3v) is 5.89. The van der Waals surface area contributed by atoms with E-state index in [1.807, 2.05) is 6.92 Å². The molecular weight excluding hydrogens is 294 g/mol. The molecule has 0 bridgehead atoms. The van der Waals surface area contributed by atoms with Crippen molar-refractivity contribution in [1.29, 1.82) is 0 Å². The lowest BCUT2D eigenvalue weighted by atomic mass is 10.1. The van der Waals surface area contributed by atoms with Gasteiger partial charge in [0.05, 0.1) is 4.90 Å². The summed E-state index contributed by atoms with van der Waals surface area (Å²) in [7, 11) is -3.52. The van der Waals surface area contributed by atoms with Crippen LogP contribution in [0, 0.1) is 13.5 Å². The number of aryl methyl sites for hydroxylation is 1. The van der Waals surface area contributed by atoms with Gasteiger partial charge in [0.2, 0.25) is 0 Å². The van der Waals surface area contributed by atoms with Gasteiger partial charge in [-0.3, -0.25) is 4.85 Å². The van der Waals surface area contributed by atoms with Crippen LogP contribution in [0.15, 0.2) is 29.2 Å². The fraction of sp³-hybridized carbons (Fsp3) is 0.611. The first-order valence-electron chi connectivity index (χ1n) is 8.19. The molecule has 122 valence electrons. The molecule has 0 radical (unpaired) electrons. The number of hydrogen-bond acceptors (Lipinski definition) is 2. The molecule has 22 heavy (non-hydrogen) atoms. The summed E-state index contributed by atoms with van der Waals surface area (Å²) in [5.74, 6) is 0. The smallest absolute Gasteiger partial charge is 0.296 e. The van der Waals surface area contributed by atoms with Crippen LogP contribution in [0.25, 0.3) is 4.85 Å². The summed E-state index contributed by atoms with van der Waals surface area (Å²) >= 11 is 0. The maximum Gasteiger partial charge on any atom is 0.325 e. The Labute approximate surface area is 135 Å². The van der Waals surface area contributed by atoms with E-state index < -0.39 is 15.2 Å². The SMILES string of the molecule is [C-]#[N+]C(CCCCCCCCC)S(=O)(=O)c1ccc(C)cc1. The van der Waals surface area contributed by atoms with Gasteiger partial charge >= 0.3 is 5.37 Å². The molecule has 0 N–H and O–H groups in total. The van der Waals surface area contributed by atoms with Gasteiger partial charge in [-0.2, -0.15) is 0 Å². The van der Waals surface area contributed by atoms with Crippen molar-refractivity contribution in [3.8, 4) is 0 Å². The van der Waals surface area contributed by atoms with Crippen molar-refractivity contribution in [1.82, 2.24) is 0 Å². The molecule has 4 heteroatoms. The minimum absolute atomic E-state index is 0.266. The van der Waals surface area contributed by atoms with Gasteiger partial charge in [-0.15, -0.1) is 0 Å². The topological polar surface area (TPSA) is 38.5 Å². The van der Waals surface area contributed by atoms with Gasteiger partial charge in [0.25, 0.3) is 9.84 Å². The number of benzene rings is 1. The highest BCUT2D eigenvalue weighted by atomic mass is 32.2. The van der Waals surface area contributed by atoms with Crippen molar-refractivity contribution in [2.24, 2.45) is 0 Å². The summed E-state index contributed by atoms with van der Waals surface area (Å²) in [5, 5.41) is -0.939. The van der Waals surface area contributed by atoms with E-state index in [4.69, 9.17) is 6.57 Å². The molecular formula is C18H27NO2S. The molecule has 1 aromatic rings. The van der Waals surface area contributed by atoms with Crippen molar-refractivity contribution < 1.29 is 8.42 Å². The normalized spacial score (nSPS) is 12.8. The largest absolute Gasteiger partial charge is 0.325 e. The predicted molar refractivity (Wildman–Crippen MR) is 91.4 cm³/mol. The highest BCUT2D eigenvalue weighted by Gasteiger charge is 2.31. The van der Waals surface area contributed by atoms with Crippen LogP contribution in [0.1, 0.15) is 63.9 Å². The molecule has 0 spiro atoms. The van der Waals surface area contributed by atoms with Crippen LogP contribution < -0.4 is 0 Å². The van der Waals surface area contributed by atoms with Gasteiger partial charge in [0.15, 0.2) is 0 Å². The fourth-order valence-electron chi connectivity index (χ4n) is 2.45. The van der Waals surface area contributed by atoms with Crippen LogP contribution >= 0.6 is 0 Å². The first-order chi connectivity index (χ1) is 10.5. The van der Waals surface area contributed by atoms with Crippen LogP contribution in [0.2, 0.25) is 0 Å². The number of rotatable bonds is 10. The molecule has 0 saturated carbocycles. The summed E-state index contributed by atoms with van der Waals surface area (Å²) < 4.78 is 24.9. The molecule has 0 aliphatic heterocycles. The van der Waals surface area contributed by atoms with E-state index in [0.29, 0.717) is 6.42 Å². The van der Waals surface area contributed by atoms with E-state index in [9.17, 15) is 8.42 Å². The Kier molecular flexibility index (Phi) is 8.19. The van der Waals surface area contributed by atoms with Gasteiger partial charge in [0, 0.05) is 6.42 Å². The zero-order valence-corrected chi connectivity index (χ0v) is 14.5. The standard InChI is InChI=1S/C18H27NO2S/c1-4-5-6-7-8-9-10-11-18(19-3)22(20,21)17-14-12-16(2)13-15-17/h12-15,18H,4-11H2,1-2H3. The maximum atomic E-state index is 12.5. The van der Waals surface area contributed by atoms with Crippen molar-refractivity contribution in [3.05, 3.63) is 41.2 Å². The Morgan fingerprint density at radius 1 is 1.00 bits per heavy atom. The first kappa shape index (κ1) is 18.7. The second-order valence-corrected chi connectivity index (χ2v) is 7.96. The Morgan fingerprint density at radius 3 is 2.09 bits per heavy atom.